The van der Waals surface area contributed by atoms with Crippen LogP contribution in [0.5, 0.6) is 0 Å². The molecule has 0 aliphatic rings. The average Bonchev–Trinajstić information content (AvgIpc) is 2.76. The van der Waals surface area contributed by atoms with E-state index in [0.717, 1.165) is 5.69 Å². The molecule has 0 amide bonds. The Morgan fingerprint density at radius 3 is 3.07 bits per heavy atom. The molecule has 74 valence electrons. The summed E-state index contributed by atoms with van der Waals surface area (Å²) in [6, 6.07) is 0. The van der Waals surface area contributed by atoms with Crippen LogP contribution in [-0.4, -0.2) is 25.1 Å². The van der Waals surface area contributed by atoms with E-state index in [-0.39, 0.29) is 0 Å². The van der Waals surface area contributed by atoms with E-state index in [1.165, 1.54) is 0 Å². The van der Waals surface area contributed by atoms with Crippen LogP contribution in [0.25, 0.3) is 0 Å². The summed E-state index contributed by atoms with van der Waals surface area (Å²) < 4.78 is 6.68. The van der Waals surface area contributed by atoms with Crippen LogP contribution in [-0.2, 0) is 11.9 Å². The van der Waals surface area contributed by atoms with E-state index in [1.54, 1.807) is 17.8 Å². The maximum Gasteiger partial charge on any atom is 0.248 e. The van der Waals surface area contributed by atoms with Gasteiger partial charge in [-0.2, -0.15) is 4.98 Å². The monoisotopic (exact) mass is 257 g/mol. The van der Waals surface area contributed by atoms with Crippen LogP contribution in [0.2, 0.25) is 0 Å². The molecule has 0 saturated carbocycles. The number of hydrogen-bond acceptors (Lipinski definition) is 5. The Bertz CT molecular complexity index is 423. The highest BCUT2D eigenvalue weighted by Crippen LogP contribution is 2.05. The molecule has 0 aliphatic heterocycles. The van der Waals surface area contributed by atoms with E-state index in [0.29, 0.717) is 23.6 Å². The summed E-state index contributed by atoms with van der Waals surface area (Å²) in [4.78, 5) is 4.08. The highest BCUT2D eigenvalue weighted by Gasteiger charge is 2.07. The minimum atomic E-state index is 0.460. The van der Waals surface area contributed by atoms with Gasteiger partial charge in [0.2, 0.25) is 5.89 Å². The van der Waals surface area contributed by atoms with E-state index in [4.69, 9.17) is 4.52 Å². The van der Waals surface area contributed by atoms with E-state index in [9.17, 15) is 0 Å². The molecule has 2 heterocycles. The molecule has 0 N–H and O–H groups in total. The molecular weight excluding hydrogens is 250 g/mol. The third-order valence-electron chi connectivity index (χ3n) is 1.69. The van der Waals surface area contributed by atoms with Gasteiger partial charge in [0, 0.05) is 5.33 Å². The van der Waals surface area contributed by atoms with Crippen molar-refractivity contribution in [2.75, 3.05) is 0 Å². The van der Waals surface area contributed by atoms with Gasteiger partial charge in [-0.3, -0.25) is 0 Å². The Labute approximate surface area is 88.4 Å². The van der Waals surface area contributed by atoms with Crippen molar-refractivity contribution in [3.8, 4) is 0 Å². The summed E-state index contributed by atoms with van der Waals surface area (Å²) in [7, 11) is 0. The van der Waals surface area contributed by atoms with Crippen LogP contribution in [0, 0.1) is 6.92 Å². The smallest absolute Gasteiger partial charge is 0.248 e. The van der Waals surface area contributed by atoms with Gasteiger partial charge in [0.15, 0.2) is 5.82 Å². The van der Waals surface area contributed by atoms with E-state index >= 15 is 0 Å². The van der Waals surface area contributed by atoms with E-state index in [1.807, 2.05) is 0 Å². The third-order valence-corrected chi connectivity index (χ3v) is 2.26. The van der Waals surface area contributed by atoms with Gasteiger partial charge < -0.3 is 4.52 Å². The number of aromatic nitrogens is 5. The molecule has 0 bridgehead atoms. The zero-order valence-corrected chi connectivity index (χ0v) is 9.10. The largest absolute Gasteiger partial charge is 0.337 e. The number of hydrogen-bond donors (Lipinski definition) is 0. The topological polar surface area (TPSA) is 69.6 Å². The fourth-order valence-corrected chi connectivity index (χ4v) is 1.48. The molecule has 0 radical (unpaired) electrons. The van der Waals surface area contributed by atoms with Crippen LogP contribution >= 0.6 is 15.9 Å². The van der Waals surface area contributed by atoms with E-state index in [2.05, 4.69) is 36.4 Å². The van der Waals surface area contributed by atoms with Crippen LogP contribution < -0.4 is 0 Å². The summed E-state index contributed by atoms with van der Waals surface area (Å²) in [6.07, 6.45) is 1.69. The highest BCUT2D eigenvalue weighted by atomic mass is 79.9. The SMILES string of the molecule is Cc1noc(Cn2nncc2CBr)n1. The summed E-state index contributed by atoms with van der Waals surface area (Å²) in [5.74, 6) is 1.16. The minimum absolute atomic E-state index is 0.460. The van der Waals surface area contributed by atoms with Gasteiger partial charge in [-0.25, -0.2) is 4.68 Å². The van der Waals surface area contributed by atoms with Crippen molar-refractivity contribution in [1.82, 2.24) is 25.1 Å². The summed E-state index contributed by atoms with van der Waals surface area (Å²) in [5, 5.41) is 12.1. The van der Waals surface area contributed by atoms with Crippen LogP contribution in [0.15, 0.2) is 10.7 Å². The summed E-state index contributed by atoms with van der Waals surface area (Å²) >= 11 is 3.34. The molecule has 0 unspecified atom stereocenters. The molecule has 7 heteroatoms. The van der Waals surface area contributed by atoms with Gasteiger partial charge in [0.25, 0.3) is 0 Å². The van der Waals surface area contributed by atoms with Crippen LogP contribution in [0.1, 0.15) is 17.4 Å². The van der Waals surface area contributed by atoms with Gasteiger partial charge in [-0.1, -0.05) is 26.3 Å². The Morgan fingerprint density at radius 1 is 1.57 bits per heavy atom. The summed E-state index contributed by atoms with van der Waals surface area (Å²) in [6.45, 7) is 2.24. The van der Waals surface area contributed by atoms with Gasteiger partial charge in [-0.05, 0) is 6.92 Å². The quantitative estimate of drug-likeness (QED) is 0.765. The zero-order valence-electron chi connectivity index (χ0n) is 7.51. The maximum absolute atomic E-state index is 4.97. The predicted molar refractivity (Wildman–Crippen MR) is 50.8 cm³/mol. The molecule has 2 rings (SSSR count). The Morgan fingerprint density at radius 2 is 2.43 bits per heavy atom. The van der Waals surface area contributed by atoms with Crippen molar-refractivity contribution in [1.29, 1.82) is 0 Å². The third kappa shape index (κ3) is 1.82. The van der Waals surface area contributed by atoms with Crippen molar-refractivity contribution in [2.24, 2.45) is 0 Å². The molecule has 0 fully saturated rings. The number of nitrogens with zero attached hydrogens (tertiary/aromatic N) is 5. The molecule has 0 spiro atoms. The molecule has 0 aromatic carbocycles. The Balaban J connectivity index is 2.18. The van der Waals surface area contributed by atoms with Crippen LogP contribution in [0.3, 0.4) is 0 Å². The first-order valence-electron chi connectivity index (χ1n) is 4.02. The lowest BCUT2D eigenvalue weighted by molar-refractivity contribution is 0.360. The molecule has 6 nitrogen and oxygen atoms in total. The fraction of sp³-hybridized carbons (Fsp3) is 0.429. The highest BCUT2D eigenvalue weighted by molar-refractivity contribution is 9.08. The second-order valence-electron chi connectivity index (χ2n) is 2.75. The average molecular weight is 258 g/mol. The fourth-order valence-electron chi connectivity index (χ4n) is 1.05. The van der Waals surface area contributed by atoms with Gasteiger partial charge >= 0.3 is 0 Å². The van der Waals surface area contributed by atoms with Gasteiger partial charge in [-0.15, -0.1) is 5.10 Å². The second-order valence-corrected chi connectivity index (χ2v) is 3.31. The standard InChI is InChI=1S/C7H8BrN5O/c1-5-10-7(14-11-5)4-13-6(2-8)3-9-12-13/h3H,2,4H2,1H3. The summed E-state index contributed by atoms with van der Waals surface area (Å²) in [5.41, 5.74) is 0.973. The Kier molecular flexibility index (Phi) is 2.58. The lowest BCUT2D eigenvalue weighted by atomic mass is 10.5. The number of aryl methyl sites for hydroxylation is 1. The Hall–Kier alpha value is -1.24. The van der Waals surface area contributed by atoms with Crippen molar-refractivity contribution in [3.63, 3.8) is 0 Å². The maximum atomic E-state index is 4.97. The molecule has 2 aromatic rings. The molecule has 0 atom stereocenters. The molecule has 14 heavy (non-hydrogen) atoms. The normalized spacial score (nSPS) is 10.7. The molecule has 0 aliphatic carbocycles. The lowest BCUT2D eigenvalue weighted by Gasteiger charge is -1.98. The number of alkyl halides is 1. The van der Waals surface area contributed by atoms with Gasteiger partial charge in [0.05, 0.1) is 11.9 Å². The first-order chi connectivity index (χ1) is 6.79. The molecule has 2 aromatic heterocycles. The minimum Gasteiger partial charge on any atom is -0.337 e. The first-order valence-corrected chi connectivity index (χ1v) is 5.14. The first kappa shape index (κ1) is 9.32. The number of rotatable bonds is 3. The van der Waals surface area contributed by atoms with Crippen molar-refractivity contribution < 1.29 is 4.52 Å². The molecular formula is C7H8BrN5O. The zero-order chi connectivity index (χ0) is 9.97. The van der Waals surface area contributed by atoms with Crippen molar-refractivity contribution >= 4 is 15.9 Å². The van der Waals surface area contributed by atoms with Crippen molar-refractivity contribution in [3.05, 3.63) is 23.6 Å². The van der Waals surface area contributed by atoms with E-state index < -0.39 is 0 Å². The van der Waals surface area contributed by atoms with Gasteiger partial charge in [0.1, 0.15) is 6.54 Å². The van der Waals surface area contributed by atoms with Crippen LogP contribution in [0.4, 0.5) is 0 Å². The van der Waals surface area contributed by atoms with Crippen molar-refractivity contribution in [2.45, 2.75) is 18.8 Å². The predicted octanol–water partition coefficient (Wildman–Crippen LogP) is 0.913. The number of halogens is 1. The second kappa shape index (κ2) is 3.87. The molecule has 0 saturated heterocycles. The lowest BCUT2D eigenvalue weighted by Crippen LogP contribution is -2.05.